The molecule has 2 bridgehead atoms. The minimum absolute atomic E-state index is 0.0935. The first-order valence-corrected chi connectivity index (χ1v) is 7.89. The molecule has 0 radical (unpaired) electrons. The molecule has 0 aromatic heterocycles. The molecular weight excluding hydrogens is 361 g/mol. The molecule has 0 amide bonds. The lowest BCUT2D eigenvalue weighted by molar-refractivity contribution is -0.268. The summed E-state index contributed by atoms with van der Waals surface area (Å²) in [5, 5.41) is 37.7. The Bertz CT molecular complexity index is 941. The minimum atomic E-state index is -4.64. The highest BCUT2D eigenvalue weighted by atomic mass is 19.4. The summed E-state index contributed by atoms with van der Waals surface area (Å²) >= 11 is 0. The van der Waals surface area contributed by atoms with Crippen molar-refractivity contribution in [1.82, 2.24) is 0 Å². The zero-order chi connectivity index (χ0) is 20.3. The van der Waals surface area contributed by atoms with E-state index in [9.17, 15) is 29.0 Å². The lowest BCUT2D eigenvalue weighted by Gasteiger charge is -2.47. The molecule has 2 aliphatic rings. The van der Waals surface area contributed by atoms with E-state index >= 15 is 0 Å². The van der Waals surface area contributed by atoms with E-state index in [2.05, 4.69) is 0 Å². The lowest BCUT2D eigenvalue weighted by atomic mass is 9.54. The number of fused-ring (bicyclic) bond motifs is 2. The maximum absolute atomic E-state index is 13.1. The number of rotatable bonds is 1. The van der Waals surface area contributed by atoms with Gasteiger partial charge in [-0.1, -0.05) is 19.1 Å². The second-order valence-electron chi connectivity index (χ2n) is 6.74. The third-order valence-corrected chi connectivity index (χ3v) is 5.51. The standard InChI is InChI=1S/C18H13F3N4O2/c1-10-15(2)26-13(11-4-3-5-12(6-11)18(19,20)21)16(7-22,8-23)17(10,9-24)14(25)27-15/h3-6,10,13,25H,1-2H3. The maximum atomic E-state index is 13.1. The van der Waals surface area contributed by atoms with E-state index in [4.69, 9.17) is 14.9 Å². The van der Waals surface area contributed by atoms with Crippen LogP contribution in [-0.4, -0.2) is 11.7 Å². The minimum Gasteiger partial charge on any atom is -0.448 e. The van der Waals surface area contributed by atoms with E-state index in [1.807, 2.05) is 6.07 Å². The van der Waals surface area contributed by atoms with Crippen LogP contribution in [0.25, 0.3) is 0 Å². The van der Waals surface area contributed by atoms with Crippen molar-refractivity contribution in [1.29, 1.82) is 21.2 Å². The second kappa shape index (κ2) is 5.45. The van der Waals surface area contributed by atoms with Gasteiger partial charge in [-0.15, -0.1) is 0 Å². The van der Waals surface area contributed by atoms with E-state index in [1.54, 1.807) is 12.1 Å². The lowest BCUT2D eigenvalue weighted by Crippen LogP contribution is -2.57. The van der Waals surface area contributed by atoms with Crippen molar-refractivity contribution in [3.8, 4) is 18.2 Å². The first-order chi connectivity index (χ1) is 12.5. The molecular formula is C18H13F3N4O2. The normalized spacial score (nSPS) is 34.1. The van der Waals surface area contributed by atoms with E-state index in [1.165, 1.54) is 19.9 Å². The van der Waals surface area contributed by atoms with Crippen molar-refractivity contribution in [3.05, 3.63) is 35.4 Å². The van der Waals surface area contributed by atoms with Crippen molar-refractivity contribution < 1.29 is 22.6 Å². The molecule has 1 N–H and O–H groups in total. The van der Waals surface area contributed by atoms with Crippen LogP contribution >= 0.6 is 0 Å². The number of ether oxygens (including phenoxy) is 2. The number of nitrogens with zero attached hydrogens (tertiary/aromatic N) is 3. The highest BCUT2D eigenvalue weighted by Gasteiger charge is 2.78. The second-order valence-corrected chi connectivity index (χ2v) is 6.74. The summed E-state index contributed by atoms with van der Waals surface area (Å²) in [7, 11) is 0. The average Bonchev–Trinajstić information content (AvgIpc) is 2.76. The van der Waals surface area contributed by atoms with Crippen LogP contribution in [0.2, 0.25) is 0 Å². The van der Waals surface area contributed by atoms with Gasteiger partial charge in [0, 0.05) is 6.92 Å². The predicted molar refractivity (Wildman–Crippen MR) is 83.4 cm³/mol. The Hall–Kier alpha value is -3.09. The summed E-state index contributed by atoms with van der Waals surface area (Å²) in [5.74, 6) is -3.01. The molecule has 27 heavy (non-hydrogen) atoms. The topological polar surface area (TPSA) is 114 Å². The van der Waals surface area contributed by atoms with Gasteiger partial charge in [-0.2, -0.15) is 29.0 Å². The molecule has 2 aliphatic heterocycles. The first-order valence-electron chi connectivity index (χ1n) is 7.89. The third-order valence-electron chi connectivity index (χ3n) is 5.51. The number of halogens is 3. The molecule has 3 rings (SSSR count). The van der Waals surface area contributed by atoms with Crippen molar-refractivity contribution >= 4 is 5.90 Å². The summed E-state index contributed by atoms with van der Waals surface area (Å²) in [6.45, 7) is 2.95. The van der Waals surface area contributed by atoms with E-state index in [0.717, 1.165) is 18.2 Å². The van der Waals surface area contributed by atoms with Gasteiger partial charge in [0.2, 0.25) is 17.1 Å². The van der Waals surface area contributed by atoms with Gasteiger partial charge in [0.1, 0.15) is 6.10 Å². The van der Waals surface area contributed by atoms with Crippen LogP contribution in [-0.2, 0) is 15.7 Å². The highest BCUT2D eigenvalue weighted by molar-refractivity contribution is 5.89. The highest BCUT2D eigenvalue weighted by Crippen LogP contribution is 2.66. The molecule has 2 heterocycles. The van der Waals surface area contributed by atoms with E-state index < -0.39 is 46.3 Å². The van der Waals surface area contributed by atoms with Gasteiger partial charge < -0.3 is 9.47 Å². The van der Waals surface area contributed by atoms with Crippen LogP contribution in [0.4, 0.5) is 13.2 Å². The van der Waals surface area contributed by atoms with Crippen molar-refractivity contribution in [2.24, 2.45) is 16.7 Å². The fourth-order valence-corrected chi connectivity index (χ4v) is 3.89. The van der Waals surface area contributed by atoms with Gasteiger partial charge in [-0.05, 0) is 17.7 Å². The molecule has 6 nitrogen and oxygen atoms in total. The fraction of sp³-hybridized carbons (Fsp3) is 0.444. The zero-order valence-electron chi connectivity index (χ0n) is 14.3. The largest absolute Gasteiger partial charge is 0.448 e. The molecule has 9 heteroatoms. The van der Waals surface area contributed by atoms with Crippen molar-refractivity contribution in [2.45, 2.75) is 31.9 Å². The quantitative estimate of drug-likeness (QED) is 0.805. The molecule has 138 valence electrons. The van der Waals surface area contributed by atoms with Gasteiger partial charge in [-0.25, -0.2) is 0 Å². The monoisotopic (exact) mass is 374 g/mol. The fourth-order valence-electron chi connectivity index (χ4n) is 3.89. The Kier molecular flexibility index (Phi) is 3.78. The van der Waals surface area contributed by atoms with Gasteiger partial charge >= 0.3 is 6.18 Å². The summed E-state index contributed by atoms with van der Waals surface area (Å²) in [6, 6.07) is 9.45. The van der Waals surface area contributed by atoms with Gasteiger partial charge in [0.25, 0.3) is 0 Å². The molecule has 1 aromatic rings. The third kappa shape index (κ3) is 2.11. The SMILES string of the molecule is CC1C2(C)OC(=N)C1(C#N)C(C#N)(C#N)C(c1cccc(C(F)(F)F)c1)O2. The maximum Gasteiger partial charge on any atom is 0.416 e. The Morgan fingerprint density at radius 3 is 2.30 bits per heavy atom. The van der Waals surface area contributed by atoms with Crippen LogP contribution in [0.15, 0.2) is 24.3 Å². The van der Waals surface area contributed by atoms with Crippen LogP contribution in [0.3, 0.4) is 0 Å². The van der Waals surface area contributed by atoms with Crippen molar-refractivity contribution in [2.75, 3.05) is 0 Å². The molecule has 4 atom stereocenters. The van der Waals surface area contributed by atoms with Gasteiger partial charge in [-0.3, -0.25) is 5.41 Å². The molecule has 0 saturated carbocycles. The number of hydrogen-bond acceptors (Lipinski definition) is 6. The van der Waals surface area contributed by atoms with Crippen LogP contribution < -0.4 is 0 Å². The van der Waals surface area contributed by atoms with E-state index in [-0.39, 0.29) is 5.56 Å². The summed E-state index contributed by atoms with van der Waals surface area (Å²) in [6.07, 6.45) is -6.16. The smallest absolute Gasteiger partial charge is 0.416 e. The van der Waals surface area contributed by atoms with Crippen LogP contribution in [0.1, 0.15) is 31.1 Å². The molecule has 4 unspecified atom stereocenters. The molecule has 2 fully saturated rings. The van der Waals surface area contributed by atoms with Gasteiger partial charge in [0.05, 0.1) is 29.7 Å². The molecule has 0 aliphatic carbocycles. The van der Waals surface area contributed by atoms with Crippen molar-refractivity contribution in [3.63, 3.8) is 0 Å². The Morgan fingerprint density at radius 1 is 1.15 bits per heavy atom. The summed E-state index contributed by atoms with van der Waals surface area (Å²) in [4.78, 5) is 0. The van der Waals surface area contributed by atoms with E-state index in [0.29, 0.717) is 0 Å². The number of nitrogens with one attached hydrogen (secondary N) is 1. The average molecular weight is 374 g/mol. The Balaban J connectivity index is 2.30. The molecule has 0 spiro atoms. The van der Waals surface area contributed by atoms with Crippen LogP contribution in [0.5, 0.6) is 0 Å². The Labute approximate surface area is 152 Å². The first kappa shape index (κ1) is 18.7. The Morgan fingerprint density at radius 2 is 1.78 bits per heavy atom. The zero-order valence-corrected chi connectivity index (χ0v) is 14.3. The van der Waals surface area contributed by atoms with Crippen LogP contribution in [0, 0.1) is 56.2 Å². The molecule has 2 saturated heterocycles. The molecule has 1 aromatic carbocycles. The van der Waals surface area contributed by atoms with Gasteiger partial charge in [0.15, 0.2) is 5.41 Å². The summed E-state index contributed by atoms with van der Waals surface area (Å²) in [5.41, 5.74) is -5.32. The number of benzene rings is 1. The number of hydrogen-bond donors (Lipinski definition) is 1. The number of alkyl halides is 3. The number of nitriles is 3. The summed E-state index contributed by atoms with van der Waals surface area (Å²) < 4.78 is 50.5. The predicted octanol–water partition coefficient (Wildman–Crippen LogP) is 3.68.